The summed E-state index contributed by atoms with van der Waals surface area (Å²) in [5.41, 5.74) is 4.78. The van der Waals surface area contributed by atoms with E-state index in [1.807, 2.05) is 27.7 Å². The molecule has 0 amide bonds. The summed E-state index contributed by atoms with van der Waals surface area (Å²) in [6.07, 6.45) is 8.75. The molecule has 6 aromatic heterocycles. The molecular formula is C27H18N12Pd. The number of hydrogen-bond acceptors (Lipinski definition) is 9. The predicted molar refractivity (Wildman–Crippen MR) is 139 cm³/mol. The minimum absolute atomic E-state index is 0. The van der Waals surface area contributed by atoms with Gasteiger partial charge in [-0.05, 0) is 45.9 Å². The number of pyridine rings is 2. The molecule has 12 nitrogen and oxygen atoms in total. The van der Waals surface area contributed by atoms with Gasteiger partial charge < -0.3 is 19.1 Å². The van der Waals surface area contributed by atoms with Crippen LogP contribution < -0.4 is 0 Å². The first kappa shape index (κ1) is 26.6. The van der Waals surface area contributed by atoms with E-state index in [0.29, 0.717) is 68.0 Å². The third kappa shape index (κ3) is 4.28. The Bertz CT molecular complexity index is 1870. The smallest absolute Gasteiger partial charge is 0.397 e. The molecule has 6 rings (SSSR count). The minimum atomic E-state index is -0.820. The molecule has 0 saturated heterocycles. The third-order valence-corrected chi connectivity index (χ3v) is 6.52. The fraction of sp³-hybridized carbons (Fsp3) is 0.185. The van der Waals surface area contributed by atoms with E-state index in [9.17, 15) is 5.26 Å². The maximum absolute atomic E-state index is 9.83. The SMILES string of the molecule is [C-]#[N+]c1cc(-n2[c-]nc3c(C)ncnc32)nc(C(C)(C)c2cc(C#N)cc(-n3[c-]nc4c(C)ncnc43)n2)c1.[Pd+2]. The van der Waals surface area contributed by atoms with Crippen LogP contribution >= 0.6 is 0 Å². The van der Waals surface area contributed by atoms with Gasteiger partial charge >= 0.3 is 20.4 Å². The van der Waals surface area contributed by atoms with E-state index in [2.05, 4.69) is 53.5 Å². The summed E-state index contributed by atoms with van der Waals surface area (Å²) < 4.78 is 3.21. The van der Waals surface area contributed by atoms with Crippen molar-refractivity contribution in [2.75, 3.05) is 0 Å². The van der Waals surface area contributed by atoms with E-state index in [4.69, 9.17) is 16.5 Å². The van der Waals surface area contributed by atoms with Crippen LogP contribution in [0.1, 0.15) is 42.2 Å². The van der Waals surface area contributed by atoms with Crippen LogP contribution in [-0.4, -0.2) is 49.0 Å². The number of aromatic nitrogens is 10. The number of imidazole rings is 2. The summed E-state index contributed by atoms with van der Waals surface area (Å²) in [4.78, 5) is 39.1. The Hall–Kier alpha value is -4.96. The topological polar surface area (TPSA) is 141 Å². The molecule has 0 aliphatic heterocycles. The molecule has 0 N–H and O–H groups in total. The molecule has 0 unspecified atom stereocenters. The van der Waals surface area contributed by atoms with Crippen molar-refractivity contribution in [3.05, 3.63) is 89.3 Å². The van der Waals surface area contributed by atoms with E-state index in [0.717, 1.165) is 0 Å². The normalized spacial score (nSPS) is 11.2. The maximum Gasteiger partial charge on any atom is 2.00 e. The molecule has 13 heteroatoms. The molecule has 0 fully saturated rings. The van der Waals surface area contributed by atoms with Crippen LogP contribution in [0.25, 0.3) is 38.8 Å². The Morgan fingerprint density at radius 3 is 1.88 bits per heavy atom. The molecule has 6 heterocycles. The summed E-state index contributed by atoms with van der Waals surface area (Å²) in [7, 11) is 0. The average molecular weight is 617 g/mol. The van der Waals surface area contributed by atoms with Crippen molar-refractivity contribution in [2.45, 2.75) is 33.1 Å². The van der Waals surface area contributed by atoms with Gasteiger partial charge in [-0.1, -0.05) is 6.07 Å². The van der Waals surface area contributed by atoms with Crippen molar-refractivity contribution in [2.24, 2.45) is 0 Å². The van der Waals surface area contributed by atoms with Gasteiger partial charge in [0.2, 0.25) is 0 Å². The number of rotatable bonds is 4. The van der Waals surface area contributed by atoms with Crippen LogP contribution in [-0.2, 0) is 25.8 Å². The van der Waals surface area contributed by atoms with Crippen LogP contribution in [0.15, 0.2) is 36.9 Å². The second-order valence-electron chi connectivity index (χ2n) is 9.37. The van der Waals surface area contributed by atoms with Crippen molar-refractivity contribution in [3.63, 3.8) is 0 Å². The molecule has 0 aliphatic rings. The quantitative estimate of drug-likeness (QED) is 0.214. The molecule has 0 bridgehead atoms. The largest absolute Gasteiger partial charge is 2.00 e. The summed E-state index contributed by atoms with van der Waals surface area (Å²) in [5, 5.41) is 9.83. The van der Waals surface area contributed by atoms with E-state index in [-0.39, 0.29) is 20.4 Å². The number of nitriles is 1. The molecule has 0 aromatic carbocycles. The van der Waals surface area contributed by atoms with Crippen LogP contribution in [0, 0.1) is 44.4 Å². The zero-order chi connectivity index (χ0) is 27.3. The second kappa shape index (κ2) is 9.97. The Morgan fingerprint density at radius 1 is 0.825 bits per heavy atom. The van der Waals surface area contributed by atoms with Gasteiger partial charge in [0.1, 0.15) is 12.7 Å². The zero-order valence-electron chi connectivity index (χ0n) is 21.6. The van der Waals surface area contributed by atoms with E-state index < -0.39 is 5.41 Å². The standard InChI is InChI=1S/C27H18N12.Pd/c1-15-23-25(32-11-30-15)38(13-34-23)21-7-17(10-28)6-19(36-21)27(3,4)20-8-18(29-5)9-22(37-20)39-14-35-24-16(2)31-12-33-26(24)39;/h6-9,11-12H,1-4H3;/q-2;+2. The first-order valence-electron chi connectivity index (χ1n) is 11.8. The van der Waals surface area contributed by atoms with Crippen molar-refractivity contribution in [3.8, 4) is 17.7 Å². The van der Waals surface area contributed by atoms with E-state index in [1.165, 1.54) is 12.7 Å². The Balaban J connectivity index is 0.00000323. The third-order valence-electron chi connectivity index (χ3n) is 6.52. The van der Waals surface area contributed by atoms with E-state index >= 15 is 0 Å². The van der Waals surface area contributed by atoms with Crippen LogP contribution in [0.3, 0.4) is 0 Å². The summed E-state index contributed by atoms with van der Waals surface area (Å²) in [5.74, 6) is 0.866. The molecule has 40 heavy (non-hydrogen) atoms. The van der Waals surface area contributed by atoms with Gasteiger partial charge in [0, 0.05) is 74.6 Å². The summed E-state index contributed by atoms with van der Waals surface area (Å²) in [6, 6.07) is 8.94. The van der Waals surface area contributed by atoms with Crippen molar-refractivity contribution >= 4 is 28.0 Å². The van der Waals surface area contributed by atoms with Gasteiger partial charge in [0.05, 0.1) is 18.5 Å². The van der Waals surface area contributed by atoms with Crippen molar-refractivity contribution in [1.82, 2.24) is 49.0 Å². The van der Waals surface area contributed by atoms with Gasteiger partial charge in [-0.3, -0.25) is 29.9 Å². The average Bonchev–Trinajstić information content (AvgIpc) is 3.59. The van der Waals surface area contributed by atoms with Crippen molar-refractivity contribution < 1.29 is 20.4 Å². The fourth-order valence-electron chi connectivity index (χ4n) is 4.26. The number of fused-ring (bicyclic) bond motifs is 2. The number of nitrogens with zero attached hydrogens (tertiary/aromatic N) is 12. The van der Waals surface area contributed by atoms with Crippen LogP contribution in [0.2, 0.25) is 0 Å². The molecule has 0 spiro atoms. The molecule has 0 radical (unpaired) electrons. The Morgan fingerprint density at radius 2 is 1.35 bits per heavy atom. The molecule has 6 aromatic rings. The molecule has 0 aliphatic carbocycles. The van der Waals surface area contributed by atoms with Gasteiger partial charge in [-0.2, -0.15) is 5.26 Å². The fourth-order valence-corrected chi connectivity index (χ4v) is 4.26. The molecular weight excluding hydrogens is 599 g/mol. The van der Waals surface area contributed by atoms with Crippen molar-refractivity contribution in [1.29, 1.82) is 5.26 Å². The first-order valence-corrected chi connectivity index (χ1v) is 11.8. The zero-order valence-corrected chi connectivity index (χ0v) is 23.2. The Labute approximate surface area is 242 Å². The van der Waals surface area contributed by atoms with Gasteiger partial charge in [-0.25, -0.2) is 4.85 Å². The monoisotopic (exact) mass is 616 g/mol. The Kier molecular flexibility index (Phi) is 6.64. The molecule has 0 saturated carbocycles. The maximum atomic E-state index is 9.83. The predicted octanol–water partition coefficient (Wildman–Crippen LogP) is 3.70. The van der Waals surface area contributed by atoms with E-state index in [1.54, 1.807) is 33.4 Å². The minimum Gasteiger partial charge on any atom is -0.397 e. The van der Waals surface area contributed by atoms with Crippen LogP contribution in [0.5, 0.6) is 0 Å². The molecule has 0 atom stereocenters. The second-order valence-corrected chi connectivity index (χ2v) is 9.37. The number of hydrogen-bond donors (Lipinski definition) is 0. The molecule has 196 valence electrons. The van der Waals surface area contributed by atoms with Crippen LogP contribution in [0.4, 0.5) is 5.69 Å². The summed E-state index contributed by atoms with van der Waals surface area (Å²) in [6.45, 7) is 15.3. The van der Waals surface area contributed by atoms with Gasteiger partial charge in [0.15, 0.2) is 5.69 Å². The van der Waals surface area contributed by atoms with Gasteiger partial charge in [0.25, 0.3) is 0 Å². The summed E-state index contributed by atoms with van der Waals surface area (Å²) >= 11 is 0. The van der Waals surface area contributed by atoms with Gasteiger partial charge in [-0.15, -0.1) is 0 Å². The first-order chi connectivity index (χ1) is 18.8. The number of aryl methyl sites for hydroxylation is 2.